The molecular formula is C33H43N11O23P3+. The number of benzene rings is 1. The molecule has 6 unspecified atom stereocenters. The van der Waals surface area contributed by atoms with Gasteiger partial charge in [0.05, 0.1) is 26.6 Å². The monoisotopic (exact) mass is 1050 g/mol. The smallest absolute Gasteiger partial charge is 0.440 e. The largest absolute Gasteiger partial charge is 0.490 e. The van der Waals surface area contributed by atoms with Crippen molar-refractivity contribution in [2.75, 3.05) is 24.3 Å². The summed E-state index contributed by atoms with van der Waals surface area (Å²) in [4.78, 5) is 101. The number of nitrogens with two attached hydrogens (primary N) is 1. The van der Waals surface area contributed by atoms with E-state index in [-0.39, 0.29) is 39.6 Å². The highest BCUT2D eigenvalue weighted by molar-refractivity contribution is 7.66. The average Bonchev–Trinajstić information content (AvgIpc) is 3.96. The third-order valence-electron chi connectivity index (χ3n) is 10.3. The first-order chi connectivity index (χ1) is 32.5. The van der Waals surface area contributed by atoms with Crippen LogP contribution in [0.2, 0.25) is 0 Å². The van der Waals surface area contributed by atoms with Crippen LogP contribution in [0.4, 0.5) is 16.7 Å². The second-order valence-corrected chi connectivity index (χ2v) is 21.0. The number of H-pyrrole nitrogens is 2. The van der Waals surface area contributed by atoms with Crippen molar-refractivity contribution in [3.05, 3.63) is 73.3 Å². The first kappa shape index (κ1) is 52.2. The van der Waals surface area contributed by atoms with Crippen LogP contribution in [0.3, 0.4) is 0 Å². The van der Waals surface area contributed by atoms with E-state index in [0.717, 1.165) is 15.5 Å². The Labute approximate surface area is 389 Å². The third-order valence-corrected chi connectivity index (χ3v) is 14.5. The molecule has 1 aromatic carbocycles. The lowest BCUT2D eigenvalue weighted by molar-refractivity contribution is -0.745. The van der Waals surface area contributed by atoms with Gasteiger partial charge in [-0.2, -0.15) is 13.6 Å². The van der Waals surface area contributed by atoms with E-state index >= 15 is 0 Å². The van der Waals surface area contributed by atoms with Crippen LogP contribution in [0.15, 0.2) is 46.5 Å². The van der Waals surface area contributed by atoms with Crippen molar-refractivity contribution in [1.82, 2.24) is 34.1 Å². The van der Waals surface area contributed by atoms with Crippen LogP contribution in [0.1, 0.15) is 44.9 Å². The summed E-state index contributed by atoms with van der Waals surface area (Å²) in [6.45, 7) is 2.69. The number of aryl methyl sites for hydroxylation is 1. The number of phosphoric acid groups is 3. The zero-order chi connectivity index (χ0) is 51.4. The molecule has 12 atom stereocenters. The van der Waals surface area contributed by atoms with Crippen molar-refractivity contribution < 1.29 is 100.0 Å². The number of hydrogen-bond donors (Lipinski definition) is 11. The molecule has 2 fully saturated rings. The molecule has 0 spiro atoms. The van der Waals surface area contributed by atoms with Gasteiger partial charge in [0, 0.05) is 11.0 Å². The highest BCUT2D eigenvalue weighted by Gasteiger charge is 2.50. The molecule has 0 radical (unpaired) electrons. The lowest BCUT2D eigenvalue weighted by atomic mass is 9.84. The maximum atomic E-state index is 13.2. The average molecular weight is 1050 g/mol. The fraction of sp³-hybridized carbons (Fsp3) is 0.485. The number of fused-ring (bicyclic) bond motifs is 2. The van der Waals surface area contributed by atoms with Gasteiger partial charge in [0.25, 0.3) is 22.2 Å². The third kappa shape index (κ3) is 11.3. The summed E-state index contributed by atoms with van der Waals surface area (Å²) in [6, 6.07) is 5.74. The molecule has 5 aromatic rings. The molecule has 2 aliphatic heterocycles. The summed E-state index contributed by atoms with van der Waals surface area (Å²) in [7, 11) is -16.3. The number of imidazole rings is 2. The van der Waals surface area contributed by atoms with Gasteiger partial charge in [0.2, 0.25) is 17.7 Å². The fourth-order valence-corrected chi connectivity index (χ4v) is 10.8. The van der Waals surface area contributed by atoms with Gasteiger partial charge in [-0.15, -0.1) is 10.1 Å². The molecule has 70 heavy (non-hydrogen) atoms. The lowest BCUT2D eigenvalue weighted by Crippen LogP contribution is -2.46. The fourth-order valence-electron chi connectivity index (χ4n) is 7.28. The number of hydrogen-bond acceptors (Lipinski definition) is 24. The van der Waals surface area contributed by atoms with E-state index in [0.29, 0.717) is 0 Å². The standard InChI is InChI=1S/C33H42N11O23P3/c1-33(2,3)23(13-7-5-6-8-14(13)65-44(52)53)64-32(51)40-31-37-25-18(27(50)39-31)41(4)12-43(25)29-22(48)20(46)16(63-29)10-61-69(56,57)67-70(58,59)66-68(54,55)60-9-15-19(45)21(47)28(62-15)42-11-35-17-24(42)36-30(34)38-26(17)49/h5-8,11-12,15-16,19-23,28-29,45-48H,9-10H2,1-4H3,(H7-,34,36,37,38,39,40,49,50,51,54,55,56,57,58,59)/p+1/t15-,16-,19+,20+,21?,22?,23?,28-,29-/m1/s1. The number of para-hydroxylation sites is 1. The number of aliphatic hydroxyl groups is 4. The number of anilines is 2. The summed E-state index contributed by atoms with van der Waals surface area (Å²) >= 11 is 0. The normalized spacial score (nSPS) is 25.8. The molecule has 2 saturated heterocycles. The molecule has 37 heteroatoms. The predicted octanol–water partition coefficient (Wildman–Crippen LogP) is -1.22. The van der Waals surface area contributed by atoms with Gasteiger partial charge in [-0.1, -0.05) is 44.0 Å². The first-order valence-corrected chi connectivity index (χ1v) is 24.4. The van der Waals surface area contributed by atoms with E-state index in [2.05, 4.69) is 52.7 Å². The van der Waals surface area contributed by atoms with Gasteiger partial charge in [0.15, 0.2) is 23.7 Å². The number of carbonyl (C=O) groups excluding carboxylic acids is 1. The van der Waals surface area contributed by atoms with Gasteiger partial charge >= 0.3 is 35.2 Å². The Balaban J connectivity index is 0.970. The minimum atomic E-state index is -6.11. The number of amides is 1. The molecule has 12 N–H and O–H groups in total. The van der Waals surface area contributed by atoms with Crippen molar-refractivity contribution in [3.8, 4) is 5.75 Å². The Morgan fingerprint density at radius 2 is 1.56 bits per heavy atom. The molecular weight excluding hydrogens is 1010 g/mol. The topological polar surface area (TPSA) is 483 Å². The van der Waals surface area contributed by atoms with Crippen LogP contribution in [-0.2, 0) is 52.6 Å². The van der Waals surface area contributed by atoms with Crippen LogP contribution in [-0.4, -0.2) is 130 Å². The van der Waals surface area contributed by atoms with E-state index in [4.69, 9.17) is 19.9 Å². The van der Waals surface area contributed by atoms with Crippen molar-refractivity contribution in [1.29, 1.82) is 0 Å². The van der Waals surface area contributed by atoms with Crippen molar-refractivity contribution in [2.24, 2.45) is 12.5 Å². The van der Waals surface area contributed by atoms with Crippen LogP contribution in [0.25, 0.3) is 22.3 Å². The van der Waals surface area contributed by atoms with E-state index in [1.54, 1.807) is 20.8 Å². The molecule has 382 valence electrons. The molecule has 0 aliphatic carbocycles. The molecule has 4 aromatic heterocycles. The quantitative estimate of drug-likeness (QED) is 0.0225. The molecule has 2 aliphatic rings. The molecule has 7 rings (SSSR count). The number of carbonyl (C=O) groups is 1. The van der Waals surface area contributed by atoms with Crippen LogP contribution in [0, 0.1) is 15.5 Å². The summed E-state index contributed by atoms with van der Waals surface area (Å²) in [5.74, 6) is -1.05. The summed E-state index contributed by atoms with van der Waals surface area (Å²) in [5.41, 5.74) is 2.37. The van der Waals surface area contributed by atoms with Crippen molar-refractivity contribution >= 4 is 63.8 Å². The zero-order valence-electron chi connectivity index (χ0n) is 36.3. The van der Waals surface area contributed by atoms with Crippen molar-refractivity contribution in [3.63, 3.8) is 0 Å². The number of nitrogens with one attached hydrogen (secondary N) is 3. The van der Waals surface area contributed by atoms with Crippen molar-refractivity contribution in [2.45, 2.75) is 76.0 Å². The maximum absolute atomic E-state index is 13.2. The van der Waals surface area contributed by atoms with E-state index in [1.165, 1.54) is 42.2 Å². The minimum absolute atomic E-state index is 0.132. The second-order valence-electron chi connectivity index (χ2n) is 16.4. The highest BCUT2D eigenvalue weighted by atomic mass is 31.3. The van der Waals surface area contributed by atoms with Gasteiger partial charge in [-0.3, -0.25) is 42.6 Å². The predicted molar refractivity (Wildman–Crippen MR) is 226 cm³/mol. The number of ether oxygens (including phenoxy) is 3. The summed E-state index contributed by atoms with van der Waals surface area (Å²) < 4.78 is 75.6. The Morgan fingerprint density at radius 1 is 0.943 bits per heavy atom. The van der Waals surface area contributed by atoms with Crippen LogP contribution >= 0.6 is 23.5 Å². The molecule has 34 nitrogen and oxygen atoms in total. The van der Waals surface area contributed by atoms with Crippen LogP contribution in [0.5, 0.6) is 5.75 Å². The van der Waals surface area contributed by atoms with E-state index in [1.807, 2.05) is 0 Å². The maximum Gasteiger partial charge on any atom is 0.490 e. The molecule has 1 amide bonds. The van der Waals surface area contributed by atoms with Crippen LogP contribution < -0.4 is 31.6 Å². The summed E-state index contributed by atoms with van der Waals surface area (Å²) in [5, 5.41) is 55.3. The Morgan fingerprint density at radius 3 is 2.19 bits per heavy atom. The van der Waals surface area contributed by atoms with Gasteiger partial charge in [-0.25, -0.2) is 33.4 Å². The summed E-state index contributed by atoms with van der Waals surface area (Å²) in [6.07, 6.45) is -14.3. The zero-order valence-corrected chi connectivity index (χ0v) is 39.0. The number of aromatic amines is 2. The van der Waals surface area contributed by atoms with Gasteiger partial charge in [-0.05, 0) is 6.07 Å². The Bertz CT molecular complexity index is 3090. The number of aliphatic hydroxyl groups excluding tert-OH is 4. The minimum Gasteiger partial charge on any atom is -0.440 e. The highest BCUT2D eigenvalue weighted by Crippen LogP contribution is 2.68. The number of rotatable bonds is 17. The lowest BCUT2D eigenvalue weighted by Gasteiger charge is -2.31. The SMILES string of the molecule is Cn1c[n+]([C@@H]2O[C@H](COP(=O)(O)OP(=O)(O)OP(=O)(O)OC[C@H]3O[C@@H](n4cnc5c(=O)[nH]c(N)nc54)C(O)[C@H]3O)[C@H](O)C2O)c2nc(NC(=O)OC(c3ccccc3O[N+](=O)[O-])C(C)(C)C)[nH]c(=O)c21. The van der Waals surface area contributed by atoms with Gasteiger partial charge in [0.1, 0.15) is 48.5 Å². The van der Waals surface area contributed by atoms with E-state index in [9.17, 15) is 73.3 Å². The Hall–Kier alpha value is -5.64. The number of aromatic nitrogens is 8. The number of nitrogens with zero attached hydrogens (tertiary/aromatic N) is 7. The van der Waals surface area contributed by atoms with E-state index < -0.39 is 126 Å². The first-order valence-electron chi connectivity index (χ1n) is 19.9. The molecule has 0 bridgehead atoms. The number of nitrogen functional groups attached to an aromatic ring is 1. The van der Waals surface area contributed by atoms with Gasteiger partial charge < -0.3 is 55.1 Å². The Kier molecular flexibility index (Phi) is 14.6. The molecule has 0 saturated carbocycles. The second kappa shape index (κ2) is 19.5. The molecule has 6 heterocycles. The number of phosphoric ester groups is 2.